The van der Waals surface area contributed by atoms with Gasteiger partial charge in [0, 0.05) is 37.4 Å². The van der Waals surface area contributed by atoms with Crippen molar-refractivity contribution in [2.24, 2.45) is 5.73 Å². The molecule has 3 amide bonds. The van der Waals surface area contributed by atoms with Gasteiger partial charge in [-0.3, -0.25) is 14.5 Å². The van der Waals surface area contributed by atoms with E-state index >= 15 is 0 Å². The highest BCUT2D eigenvalue weighted by atomic mass is 16.2. The molecule has 2 rings (SSSR count). The van der Waals surface area contributed by atoms with Crippen LogP contribution in [0, 0.1) is 0 Å². The number of anilines is 1. The van der Waals surface area contributed by atoms with Gasteiger partial charge in [0.15, 0.2) is 5.78 Å². The summed E-state index contributed by atoms with van der Waals surface area (Å²) in [5, 5.41) is 2.80. The molecule has 0 aliphatic carbocycles. The number of rotatable bonds is 4. The molecular formula is C16H22N4O3. The van der Waals surface area contributed by atoms with Gasteiger partial charge in [0.05, 0.1) is 6.04 Å². The Morgan fingerprint density at radius 1 is 1.17 bits per heavy atom. The molecule has 0 spiro atoms. The van der Waals surface area contributed by atoms with E-state index in [0.717, 1.165) is 0 Å². The molecule has 1 aromatic carbocycles. The van der Waals surface area contributed by atoms with Gasteiger partial charge in [-0.05, 0) is 26.0 Å². The number of nitrogens with one attached hydrogen (secondary N) is 1. The fraction of sp³-hybridized carbons (Fsp3) is 0.438. The third kappa shape index (κ3) is 4.29. The Bertz CT molecular complexity index is 609. The van der Waals surface area contributed by atoms with E-state index in [1.54, 1.807) is 36.1 Å². The highest BCUT2D eigenvalue weighted by Gasteiger charge is 2.26. The molecule has 1 aliphatic heterocycles. The molecule has 0 bridgehead atoms. The minimum absolute atomic E-state index is 0.0462. The van der Waals surface area contributed by atoms with Crippen LogP contribution in [-0.2, 0) is 4.79 Å². The number of nitrogens with zero attached hydrogens (tertiary/aromatic N) is 2. The van der Waals surface area contributed by atoms with E-state index in [1.165, 1.54) is 6.92 Å². The van der Waals surface area contributed by atoms with Crippen LogP contribution < -0.4 is 11.1 Å². The molecule has 23 heavy (non-hydrogen) atoms. The van der Waals surface area contributed by atoms with Crippen molar-refractivity contribution in [3.8, 4) is 0 Å². The Balaban J connectivity index is 1.92. The monoisotopic (exact) mass is 318 g/mol. The first-order valence-corrected chi connectivity index (χ1v) is 7.59. The second-order valence-electron chi connectivity index (χ2n) is 5.67. The minimum atomic E-state index is -0.357. The maximum Gasteiger partial charge on any atom is 0.321 e. The minimum Gasteiger partial charge on any atom is -0.368 e. The third-order valence-electron chi connectivity index (χ3n) is 4.08. The molecule has 1 saturated heterocycles. The molecule has 1 atom stereocenters. The molecule has 0 saturated carbocycles. The summed E-state index contributed by atoms with van der Waals surface area (Å²) in [6.45, 7) is 5.51. The zero-order chi connectivity index (χ0) is 17.0. The zero-order valence-electron chi connectivity index (χ0n) is 13.4. The van der Waals surface area contributed by atoms with Gasteiger partial charge in [-0.15, -0.1) is 0 Å². The van der Waals surface area contributed by atoms with Crippen LogP contribution in [-0.4, -0.2) is 59.7 Å². The normalized spacial score (nSPS) is 16.7. The summed E-state index contributed by atoms with van der Waals surface area (Å²) in [6.07, 6.45) is 0. The van der Waals surface area contributed by atoms with Crippen LogP contribution in [0.3, 0.4) is 0 Å². The van der Waals surface area contributed by atoms with Gasteiger partial charge in [0.2, 0.25) is 5.91 Å². The molecule has 3 N–H and O–H groups in total. The van der Waals surface area contributed by atoms with Gasteiger partial charge in [0.25, 0.3) is 0 Å². The Morgan fingerprint density at radius 2 is 1.83 bits per heavy atom. The first-order valence-electron chi connectivity index (χ1n) is 7.59. The lowest BCUT2D eigenvalue weighted by Gasteiger charge is -2.36. The number of ketones is 1. The van der Waals surface area contributed by atoms with E-state index in [2.05, 4.69) is 5.32 Å². The van der Waals surface area contributed by atoms with E-state index < -0.39 is 0 Å². The Kier molecular flexibility index (Phi) is 5.33. The van der Waals surface area contributed by atoms with Crippen molar-refractivity contribution in [2.75, 3.05) is 31.5 Å². The van der Waals surface area contributed by atoms with Crippen molar-refractivity contribution < 1.29 is 14.4 Å². The summed E-state index contributed by atoms with van der Waals surface area (Å²) in [5.74, 6) is -0.404. The maximum absolute atomic E-state index is 12.3. The molecule has 7 heteroatoms. The largest absolute Gasteiger partial charge is 0.368 e. The quantitative estimate of drug-likeness (QED) is 0.807. The zero-order valence-corrected chi connectivity index (χ0v) is 13.4. The van der Waals surface area contributed by atoms with Gasteiger partial charge in [-0.2, -0.15) is 0 Å². The standard InChI is InChI=1S/C16H22N4O3/c1-11(15(17)22)19-6-8-20(9-7-19)16(23)18-14-5-3-4-13(10-14)12(2)21/h3-5,10-11H,6-9H2,1-2H3,(H2,17,22)(H,18,23)/t11-/m0/s1. The second-order valence-corrected chi connectivity index (χ2v) is 5.67. The van der Waals surface area contributed by atoms with Gasteiger partial charge in [-0.25, -0.2) is 4.79 Å². The van der Waals surface area contributed by atoms with E-state index in [1.807, 2.05) is 4.90 Å². The van der Waals surface area contributed by atoms with E-state index in [-0.39, 0.29) is 23.8 Å². The number of urea groups is 1. The molecule has 1 aliphatic rings. The van der Waals surface area contributed by atoms with Crippen molar-refractivity contribution in [2.45, 2.75) is 19.9 Å². The molecular weight excluding hydrogens is 296 g/mol. The lowest BCUT2D eigenvalue weighted by molar-refractivity contribution is -0.123. The lowest BCUT2D eigenvalue weighted by atomic mass is 10.1. The first kappa shape index (κ1) is 17.0. The average Bonchev–Trinajstić information content (AvgIpc) is 2.54. The number of primary amides is 1. The number of amides is 3. The van der Waals surface area contributed by atoms with Crippen molar-refractivity contribution >= 4 is 23.4 Å². The number of hydrogen-bond acceptors (Lipinski definition) is 4. The Morgan fingerprint density at radius 3 is 2.39 bits per heavy atom. The van der Waals surface area contributed by atoms with Crippen molar-refractivity contribution in [1.29, 1.82) is 0 Å². The lowest BCUT2D eigenvalue weighted by Crippen LogP contribution is -2.55. The van der Waals surface area contributed by atoms with Gasteiger partial charge < -0.3 is 16.0 Å². The molecule has 1 heterocycles. The topological polar surface area (TPSA) is 95.7 Å². The van der Waals surface area contributed by atoms with Gasteiger partial charge in [0.1, 0.15) is 0 Å². The van der Waals surface area contributed by atoms with Gasteiger partial charge in [-0.1, -0.05) is 12.1 Å². The Labute approximate surface area is 135 Å². The van der Waals surface area contributed by atoms with Crippen molar-refractivity contribution in [1.82, 2.24) is 9.80 Å². The van der Waals surface area contributed by atoms with Gasteiger partial charge >= 0.3 is 6.03 Å². The van der Waals surface area contributed by atoms with Crippen LogP contribution in [0.4, 0.5) is 10.5 Å². The van der Waals surface area contributed by atoms with Crippen LogP contribution in [0.2, 0.25) is 0 Å². The summed E-state index contributed by atoms with van der Waals surface area (Å²) in [6, 6.07) is 6.31. The predicted octanol–water partition coefficient (Wildman–Crippen LogP) is 0.912. The number of carbonyl (C=O) groups is 3. The number of hydrogen-bond donors (Lipinski definition) is 2. The molecule has 1 aromatic rings. The third-order valence-corrected chi connectivity index (χ3v) is 4.08. The molecule has 0 radical (unpaired) electrons. The smallest absolute Gasteiger partial charge is 0.321 e. The fourth-order valence-corrected chi connectivity index (χ4v) is 2.51. The molecule has 124 valence electrons. The van der Waals surface area contributed by atoms with Crippen molar-refractivity contribution in [3.63, 3.8) is 0 Å². The predicted molar refractivity (Wildman–Crippen MR) is 87.3 cm³/mol. The fourth-order valence-electron chi connectivity index (χ4n) is 2.51. The number of Topliss-reactive ketones (excluding diaryl/α,β-unsaturated/α-hetero) is 1. The summed E-state index contributed by atoms with van der Waals surface area (Å²) in [5.41, 5.74) is 6.45. The molecule has 0 unspecified atom stereocenters. The SMILES string of the molecule is CC(=O)c1cccc(NC(=O)N2CCN([C@@H](C)C(N)=O)CC2)c1. The van der Waals surface area contributed by atoms with E-state index in [0.29, 0.717) is 37.4 Å². The van der Waals surface area contributed by atoms with Crippen LogP contribution in [0.5, 0.6) is 0 Å². The number of nitrogens with two attached hydrogens (primary N) is 1. The summed E-state index contributed by atoms with van der Waals surface area (Å²) >= 11 is 0. The summed E-state index contributed by atoms with van der Waals surface area (Å²) in [7, 11) is 0. The number of benzene rings is 1. The molecule has 1 fully saturated rings. The average molecular weight is 318 g/mol. The maximum atomic E-state index is 12.3. The second kappa shape index (κ2) is 7.23. The van der Waals surface area contributed by atoms with Crippen LogP contribution in [0.25, 0.3) is 0 Å². The van der Waals surface area contributed by atoms with E-state index in [9.17, 15) is 14.4 Å². The van der Waals surface area contributed by atoms with E-state index in [4.69, 9.17) is 5.73 Å². The number of piperazine rings is 1. The highest BCUT2D eigenvalue weighted by Crippen LogP contribution is 2.13. The summed E-state index contributed by atoms with van der Waals surface area (Å²) < 4.78 is 0. The highest BCUT2D eigenvalue weighted by molar-refractivity contribution is 5.96. The van der Waals surface area contributed by atoms with Crippen molar-refractivity contribution in [3.05, 3.63) is 29.8 Å². The molecule has 0 aromatic heterocycles. The van der Waals surface area contributed by atoms with Crippen LogP contribution in [0.15, 0.2) is 24.3 Å². The first-order chi connectivity index (χ1) is 10.9. The molecule has 7 nitrogen and oxygen atoms in total. The summed E-state index contributed by atoms with van der Waals surface area (Å²) in [4.78, 5) is 38.5. The number of carbonyl (C=O) groups excluding carboxylic acids is 3. The van der Waals surface area contributed by atoms with Crippen LogP contribution in [0.1, 0.15) is 24.2 Å². The van der Waals surface area contributed by atoms with Crippen LogP contribution >= 0.6 is 0 Å². The Hall–Kier alpha value is -2.41.